The van der Waals surface area contributed by atoms with E-state index >= 15 is 0 Å². The van der Waals surface area contributed by atoms with Crippen LogP contribution < -0.4 is 4.72 Å². The van der Waals surface area contributed by atoms with E-state index in [4.69, 9.17) is 0 Å². The van der Waals surface area contributed by atoms with E-state index in [0.717, 1.165) is 45.1 Å². The van der Waals surface area contributed by atoms with Gasteiger partial charge in [0, 0.05) is 19.1 Å². The minimum atomic E-state index is -3.17. The van der Waals surface area contributed by atoms with Gasteiger partial charge in [-0.1, -0.05) is 6.92 Å². The van der Waals surface area contributed by atoms with Crippen molar-refractivity contribution in [2.24, 2.45) is 5.92 Å². The van der Waals surface area contributed by atoms with Gasteiger partial charge in [-0.05, 0) is 57.4 Å². The summed E-state index contributed by atoms with van der Waals surface area (Å²) in [5, 5.41) is 10.4. The second kappa shape index (κ2) is 5.80. The van der Waals surface area contributed by atoms with E-state index in [1.165, 1.54) is 0 Å². The largest absolute Gasteiger partial charge is 0.389 e. The summed E-state index contributed by atoms with van der Waals surface area (Å²) >= 11 is 0. The highest BCUT2D eigenvalue weighted by molar-refractivity contribution is 7.90. The summed E-state index contributed by atoms with van der Waals surface area (Å²) < 4.78 is 27.3. The lowest BCUT2D eigenvalue weighted by atomic mass is 9.79. The summed E-state index contributed by atoms with van der Waals surface area (Å²) in [4.78, 5) is 2.15. The van der Waals surface area contributed by atoms with Gasteiger partial charge in [-0.2, -0.15) is 0 Å². The average molecular weight is 316 g/mol. The van der Waals surface area contributed by atoms with Crippen molar-refractivity contribution >= 4 is 10.0 Å². The fraction of sp³-hybridized carbons (Fsp3) is 1.00. The van der Waals surface area contributed by atoms with Crippen LogP contribution in [-0.4, -0.2) is 55.0 Å². The standard InChI is InChI=1S/C15H28N2O3S/c1-12-4-7-15(18,8-5-12)11-17-9-6-14(10-17)21(19,20)16-13-2-3-13/h12-14,16,18H,2-11H2,1H3/t12?,14-,15?/m0/s1. The molecule has 5 nitrogen and oxygen atoms in total. The number of nitrogens with one attached hydrogen (secondary N) is 1. The topological polar surface area (TPSA) is 69.6 Å². The molecule has 3 fully saturated rings. The van der Waals surface area contributed by atoms with Gasteiger partial charge in [0.05, 0.1) is 10.9 Å². The van der Waals surface area contributed by atoms with Crippen molar-refractivity contribution in [3.63, 3.8) is 0 Å². The Kier molecular flexibility index (Phi) is 4.34. The number of nitrogens with zero attached hydrogens (tertiary/aromatic N) is 1. The van der Waals surface area contributed by atoms with Crippen LogP contribution in [0.3, 0.4) is 0 Å². The number of rotatable bonds is 5. The molecule has 0 aromatic carbocycles. The molecule has 0 unspecified atom stereocenters. The van der Waals surface area contributed by atoms with Gasteiger partial charge in [0.1, 0.15) is 0 Å². The van der Waals surface area contributed by atoms with Crippen LogP contribution >= 0.6 is 0 Å². The second-order valence-corrected chi connectivity index (χ2v) is 9.48. The fourth-order valence-corrected chi connectivity index (χ4v) is 5.31. The molecule has 1 aliphatic heterocycles. The van der Waals surface area contributed by atoms with Gasteiger partial charge < -0.3 is 5.11 Å². The summed E-state index contributed by atoms with van der Waals surface area (Å²) in [7, 11) is -3.17. The van der Waals surface area contributed by atoms with Crippen molar-refractivity contribution in [1.29, 1.82) is 0 Å². The van der Waals surface area contributed by atoms with Gasteiger partial charge in [-0.25, -0.2) is 13.1 Å². The fourth-order valence-electron chi connectivity index (χ4n) is 3.60. The Morgan fingerprint density at radius 2 is 1.86 bits per heavy atom. The van der Waals surface area contributed by atoms with Crippen LogP contribution in [0.25, 0.3) is 0 Å². The molecule has 0 aromatic rings. The third-order valence-electron chi connectivity index (χ3n) is 5.30. The van der Waals surface area contributed by atoms with E-state index in [0.29, 0.717) is 25.4 Å². The zero-order chi connectivity index (χ0) is 15.1. The first-order valence-corrected chi connectivity index (χ1v) is 9.87. The third-order valence-corrected chi connectivity index (χ3v) is 7.22. The number of hydrogen-bond donors (Lipinski definition) is 2. The zero-order valence-electron chi connectivity index (χ0n) is 12.9. The molecule has 0 radical (unpaired) electrons. The molecule has 2 saturated carbocycles. The summed E-state index contributed by atoms with van der Waals surface area (Å²) in [6.45, 7) is 4.23. The minimum Gasteiger partial charge on any atom is -0.389 e. The predicted octanol–water partition coefficient (Wildman–Crippen LogP) is 1.08. The molecule has 21 heavy (non-hydrogen) atoms. The Labute approximate surface area is 128 Å². The molecule has 3 aliphatic rings. The van der Waals surface area contributed by atoms with Crippen LogP contribution in [-0.2, 0) is 10.0 Å². The molecule has 1 atom stereocenters. The van der Waals surface area contributed by atoms with Crippen molar-refractivity contribution in [3.8, 4) is 0 Å². The summed E-state index contributed by atoms with van der Waals surface area (Å²) in [5.74, 6) is 0.708. The van der Waals surface area contributed by atoms with Crippen molar-refractivity contribution in [2.45, 2.75) is 68.8 Å². The van der Waals surface area contributed by atoms with Crippen LogP contribution in [0.15, 0.2) is 0 Å². The van der Waals surface area contributed by atoms with E-state index in [-0.39, 0.29) is 11.3 Å². The first-order valence-electron chi connectivity index (χ1n) is 8.32. The Morgan fingerprint density at radius 3 is 2.48 bits per heavy atom. The van der Waals surface area contributed by atoms with Crippen molar-refractivity contribution in [3.05, 3.63) is 0 Å². The van der Waals surface area contributed by atoms with Gasteiger partial charge in [0.25, 0.3) is 0 Å². The van der Waals surface area contributed by atoms with E-state index < -0.39 is 15.6 Å². The van der Waals surface area contributed by atoms with Crippen LogP contribution in [0.5, 0.6) is 0 Å². The lowest BCUT2D eigenvalue weighted by molar-refractivity contribution is -0.0305. The molecule has 0 amide bonds. The maximum absolute atomic E-state index is 12.2. The molecule has 1 saturated heterocycles. The molecular formula is C15H28N2O3S. The number of likely N-dealkylation sites (tertiary alicyclic amines) is 1. The number of sulfonamides is 1. The first-order chi connectivity index (χ1) is 9.86. The highest BCUT2D eigenvalue weighted by atomic mass is 32.2. The van der Waals surface area contributed by atoms with E-state index in [2.05, 4.69) is 16.5 Å². The number of β-amino-alcohol motifs (C(OH)–C–C–N with tert-alkyl or cyclic N) is 1. The van der Waals surface area contributed by atoms with E-state index in [1.54, 1.807) is 0 Å². The Morgan fingerprint density at radius 1 is 1.19 bits per heavy atom. The molecular weight excluding hydrogens is 288 g/mol. The normalized spacial score (nSPS) is 38.8. The molecule has 2 aliphatic carbocycles. The van der Waals surface area contributed by atoms with E-state index in [1.807, 2.05) is 0 Å². The maximum atomic E-state index is 12.2. The molecule has 0 aromatic heterocycles. The summed E-state index contributed by atoms with van der Waals surface area (Å²) in [6.07, 6.45) is 6.51. The highest BCUT2D eigenvalue weighted by Crippen LogP contribution is 2.33. The van der Waals surface area contributed by atoms with Gasteiger partial charge in [-0.3, -0.25) is 4.90 Å². The summed E-state index contributed by atoms with van der Waals surface area (Å²) in [5.41, 5.74) is -0.602. The summed E-state index contributed by atoms with van der Waals surface area (Å²) in [6, 6.07) is 0.188. The molecule has 0 spiro atoms. The van der Waals surface area contributed by atoms with Gasteiger partial charge >= 0.3 is 0 Å². The number of aliphatic hydroxyl groups is 1. The van der Waals surface area contributed by atoms with Crippen LogP contribution in [0.2, 0.25) is 0 Å². The third kappa shape index (κ3) is 3.97. The second-order valence-electron chi connectivity index (χ2n) is 7.49. The van der Waals surface area contributed by atoms with Crippen LogP contribution in [0.1, 0.15) is 51.9 Å². The Balaban J connectivity index is 1.52. The first kappa shape index (κ1) is 15.7. The van der Waals surface area contributed by atoms with Crippen LogP contribution in [0.4, 0.5) is 0 Å². The predicted molar refractivity (Wildman–Crippen MR) is 82.5 cm³/mol. The zero-order valence-corrected chi connectivity index (χ0v) is 13.7. The lowest BCUT2D eigenvalue weighted by Gasteiger charge is -2.37. The minimum absolute atomic E-state index is 0.188. The smallest absolute Gasteiger partial charge is 0.216 e. The van der Waals surface area contributed by atoms with Gasteiger partial charge in [0.15, 0.2) is 0 Å². The molecule has 0 bridgehead atoms. The van der Waals surface area contributed by atoms with Crippen molar-refractivity contribution in [2.75, 3.05) is 19.6 Å². The molecule has 6 heteroatoms. The highest BCUT2D eigenvalue weighted by Gasteiger charge is 2.40. The molecule has 3 rings (SSSR count). The van der Waals surface area contributed by atoms with E-state index in [9.17, 15) is 13.5 Å². The monoisotopic (exact) mass is 316 g/mol. The van der Waals surface area contributed by atoms with Gasteiger partial charge in [-0.15, -0.1) is 0 Å². The quantitative estimate of drug-likeness (QED) is 0.796. The average Bonchev–Trinajstić information content (AvgIpc) is 3.08. The SMILES string of the molecule is CC1CCC(O)(CN2CC[C@H](S(=O)(=O)NC3CC3)C2)CC1. The molecule has 122 valence electrons. The maximum Gasteiger partial charge on any atom is 0.216 e. The van der Waals surface area contributed by atoms with Gasteiger partial charge in [0.2, 0.25) is 10.0 Å². The van der Waals surface area contributed by atoms with Crippen molar-refractivity contribution in [1.82, 2.24) is 9.62 Å². The van der Waals surface area contributed by atoms with Crippen molar-refractivity contribution < 1.29 is 13.5 Å². The molecule has 2 N–H and O–H groups in total. The Hall–Kier alpha value is -0.170. The molecule has 1 heterocycles. The lowest BCUT2D eigenvalue weighted by Crippen LogP contribution is -2.45. The number of hydrogen-bond acceptors (Lipinski definition) is 4. The van der Waals surface area contributed by atoms with Crippen LogP contribution in [0, 0.1) is 5.92 Å². The Bertz CT molecular complexity index is 467.